The molecule has 0 saturated heterocycles. The topological polar surface area (TPSA) is 29.9 Å². The van der Waals surface area contributed by atoms with Crippen LogP contribution >= 0.6 is 0 Å². The van der Waals surface area contributed by atoms with Crippen LogP contribution in [0.15, 0.2) is 36.8 Å². The molecule has 0 aliphatic heterocycles. The minimum atomic E-state index is 0.148. The molecule has 0 spiro atoms. The van der Waals surface area contributed by atoms with Crippen LogP contribution < -0.4 is 5.32 Å². The highest BCUT2D eigenvalue weighted by molar-refractivity contribution is 5.32. The lowest BCUT2D eigenvalue weighted by Crippen LogP contribution is -2.18. The molecule has 102 valence electrons. The van der Waals surface area contributed by atoms with Gasteiger partial charge in [-0.2, -0.15) is 0 Å². The zero-order valence-electron chi connectivity index (χ0n) is 12.4. The van der Waals surface area contributed by atoms with Crippen molar-refractivity contribution in [3.05, 3.63) is 53.6 Å². The van der Waals surface area contributed by atoms with Crippen molar-refractivity contribution in [2.45, 2.75) is 32.2 Å². The van der Waals surface area contributed by atoms with Crippen LogP contribution in [0.2, 0.25) is 0 Å². The summed E-state index contributed by atoms with van der Waals surface area (Å²) in [6.45, 7) is 6.70. The van der Waals surface area contributed by atoms with E-state index in [0.29, 0.717) is 0 Å². The molecule has 0 radical (unpaired) electrons. The Balaban J connectivity index is 2.30. The van der Waals surface area contributed by atoms with Gasteiger partial charge in [0.2, 0.25) is 0 Å². The molecule has 1 N–H and O–H groups in total. The van der Waals surface area contributed by atoms with Crippen LogP contribution in [0.1, 0.15) is 43.6 Å². The number of rotatable bonds is 3. The van der Waals surface area contributed by atoms with Gasteiger partial charge in [-0.25, -0.2) is 4.98 Å². The maximum Gasteiger partial charge on any atom is 0.0947 e. The Morgan fingerprint density at radius 2 is 1.79 bits per heavy atom. The maximum atomic E-state index is 4.43. The van der Waals surface area contributed by atoms with Gasteiger partial charge in [0.1, 0.15) is 0 Å². The third-order valence-corrected chi connectivity index (χ3v) is 3.42. The molecular formula is C16H23N3. The van der Waals surface area contributed by atoms with Crippen molar-refractivity contribution in [2.24, 2.45) is 7.05 Å². The van der Waals surface area contributed by atoms with Crippen molar-refractivity contribution in [1.29, 1.82) is 0 Å². The van der Waals surface area contributed by atoms with Gasteiger partial charge in [-0.1, -0.05) is 45.0 Å². The first-order valence-corrected chi connectivity index (χ1v) is 6.67. The molecule has 1 atom stereocenters. The summed E-state index contributed by atoms with van der Waals surface area (Å²) < 4.78 is 1.98. The number of benzene rings is 1. The second kappa shape index (κ2) is 5.17. The maximum absolute atomic E-state index is 4.43. The molecule has 1 unspecified atom stereocenters. The van der Waals surface area contributed by atoms with Gasteiger partial charge in [0.05, 0.1) is 18.1 Å². The average molecular weight is 257 g/mol. The van der Waals surface area contributed by atoms with Gasteiger partial charge in [0.15, 0.2) is 0 Å². The van der Waals surface area contributed by atoms with Crippen molar-refractivity contribution in [3.63, 3.8) is 0 Å². The first-order chi connectivity index (χ1) is 8.91. The number of aryl methyl sites for hydroxylation is 1. The van der Waals surface area contributed by atoms with Crippen molar-refractivity contribution in [2.75, 3.05) is 7.05 Å². The molecular weight excluding hydrogens is 234 g/mol. The summed E-state index contributed by atoms with van der Waals surface area (Å²) in [7, 11) is 3.96. The van der Waals surface area contributed by atoms with Crippen LogP contribution in [0.4, 0.5) is 0 Å². The van der Waals surface area contributed by atoms with Crippen molar-refractivity contribution in [1.82, 2.24) is 14.9 Å². The molecule has 1 heterocycles. The Morgan fingerprint density at radius 1 is 1.16 bits per heavy atom. The number of hydrogen-bond donors (Lipinski definition) is 1. The second-order valence-corrected chi connectivity index (χ2v) is 6.06. The predicted octanol–water partition coefficient (Wildman–Crippen LogP) is 3.03. The van der Waals surface area contributed by atoms with Crippen LogP contribution in [0, 0.1) is 0 Å². The normalized spacial score (nSPS) is 13.5. The third kappa shape index (κ3) is 3.04. The lowest BCUT2D eigenvalue weighted by atomic mass is 9.86. The monoisotopic (exact) mass is 257 g/mol. The van der Waals surface area contributed by atoms with Gasteiger partial charge in [-0.3, -0.25) is 0 Å². The highest BCUT2D eigenvalue weighted by Gasteiger charge is 2.17. The predicted molar refractivity (Wildman–Crippen MR) is 79.3 cm³/mol. The zero-order valence-corrected chi connectivity index (χ0v) is 12.4. The fourth-order valence-electron chi connectivity index (χ4n) is 2.24. The van der Waals surface area contributed by atoms with E-state index >= 15 is 0 Å². The van der Waals surface area contributed by atoms with Gasteiger partial charge in [-0.15, -0.1) is 0 Å². The van der Waals surface area contributed by atoms with Crippen LogP contribution in [0.3, 0.4) is 0 Å². The molecule has 0 fully saturated rings. The number of nitrogens with one attached hydrogen (secondary N) is 1. The summed E-state index contributed by atoms with van der Waals surface area (Å²) >= 11 is 0. The van der Waals surface area contributed by atoms with Crippen LogP contribution in [-0.2, 0) is 12.5 Å². The molecule has 3 nitrogen and oxygen atoms in total. The first kappa shape index (κ1) is 13.8. The molecule has 2 rings (SSSR count). The fraction of sp³-hybridized carbons (Fsp3) is 0.438. The fourth-order valence-corrected chi connectivity index (χ4v) is 2.24. The van der Waals surface area contributed by atoms with E-state index in [9.17, 15) is 0 Å². The zero-order chi connectivity index (χ0) is 14.0. The Morgan fingerprint density at radius 3 is 2.21 bits per heavy atom. The molecule has 0 bridgehead atoms. The number of aromatic nitrogens is 2. The van der Waals surface area contributed by atoms with Gasteiger partial charge >= 0.3 is 0 Å². The summed E-state index contributed by atoms with van der Waals surface area (Å²) in [5, 5.41) is 3.33. The molecule has 2 aromatic rings. The minimum Gasteiger partial charge on any atom is -0.340 e. The average Bonchev–Trinajstić information content (AvgIpc) is 2.76. The van der Waals surface area contributed by atoms with E-state index in [4.69, 9.17) is 0 Å². The molecule has 0 aliphatic carbocycles. The Bertz CT molecular complexity index is 532. The van der Waals surface area contributed by atoms with Crippen LogP contribution in [-0.4, -0.2) is 16.6 Å². The molecule has 0 amide bonds. The summed E-state index contributed by atoms with van der Waals surface area (Å²) in [4.78, 5) is 4.43. The van der Waals surface area contributed by atoms with Gasteiger partial charge in [0, 0.05) is 13.2 Å². The van der Waals surface area contributed by atoms with Crippen LogP contribution in [0.25, 0.3) is 0 Å². The van der Waals surface area contributed by atoms with Gasteiger partial charge in [-0.05, 0) is 23.6 Å². The van der Waals surface area contributed by atoms with E-state index in [1.807, 2.05) is 25.0 Å². The first-order valence-electron chi connectivity index (χ1n) is 6.67. The quantitative estimate of drug-likeness (QED) is 0.916. The van der Waals surface area contributed by atoms with E-state index in [-0.39, 0.29) is 11.5 Å². The van der Waals surface area contributed by atoms with Crippen LogP contribution in [0.5, 0.6) is 0 Å². The molecule has 0 aliphatic rings. The lowest BCUT2D eigenvalue weighted by molar-refractivity contribution is 0.589. The Labute approximate surface area is 115 Å². The molecule has 1 aromatic heterocycles. The summed E-state index contributed by atoms with van der Waals surface area (Å²) in [5.74, 6) is 0. The van der Waals surface area contributed by atoms with E-state index < -0.39 is 0 Å². The van der Waals surface area contributed by atoms with E-state index in [1.54, 1.807) is 0 Å². The highest BCUT2D eigenvalue weighted by Crippen LogP contribution is 2.25. The SMILES string of the molecule is CNC(c1ccc(C(C)(C)C)cc1)c1cn(C)cn1. The second-order valence-electron chi connectivity index (χ2n) is 6.06. The number of imidazole rings is 1. The van der Waals surface area contributed by atoms with E-state index in [2.05, 4.69) is 61.5 Å². The van der Waals surface area contributed by atoms with Crippen molar-refractivity contribution >= 4 is 0 Å². The Kier molecular flexibility index (Phi) is 3.76. The number of hydrogen-bond acceptors (Lipinski definition) is 2. The molecule has 1 aromatic carbocycles. The summed E-state index contributed by atoms with van der Waals surface area (Å²) in [5.41, 5.74) is 3.84. The third-order valence-electron chi connectivity index (χ3n) is 3.42. The summed E-state index contributed by atoms with van der Waals surface area (Å²) in [6.07, 6.45) is 3.89. The standard InChI is InChI=1S/C16H23N3/c1-16(2,3)13-8-6-12(7-9-13)15(17-4)14-10-19(5)11-18-14/h6-11,15,17H,1-5H3. The van der Waals surface area contributed by atoms with Crippen molar-refractivity contribution in [3.8, 4) is 0 Å². The number of nitrogens with zero attached hydrogens (tertiary/aromatic N) is 2. The molecule has 19 heavy (non-hydrogen) atoms. The smallest absolute Gasteiger partial charge is 0.0947 e. The van der Waals surface area contributed by atoms with Gasteiger partial charge < -0.3 is 9.88 Å². The lowest BCUT2D eigenvalue weighted by Gasteiger charge is -2.21. The van der Waals surface area contributed by atoms with Gasteiger partial charge in [0.25, 0.3) is 0 Å². The summed E-state index contributed by atoms with van der Waals surface area (Å²) in [6, 6.07) is 8.95. The molecule has 3 heteroatoms. The van der Waals surface area contributed by atoms with E-state index in [1.165, 1.54) is 11.1 Å². The minimum absolute atomic E-state index is 0.148. The van der Waals surface area contributed by atoms with E-state index in [0.717, 1.165) is 5.69 Å². The van der Waals surface area contributed by atoms with Crippen molar-refractivity contribution < 1.29 is 0 Å². The highest BCUT2D eigenvalue weighted by atomic mass is 15.0. The largest absolute Gasteiger partial charge is 0.340 e. The molecule has 0 saturated carbocycles. The Hall–Kier alpha value is -1.61.